The topological polar surface area (TPSA) is 663 Å². The molecule has 1 amide bonds. The number of primary amides is 1. The number of nitrogens with zero attached hydrogens (tertiary/aromatic N) is 16. The zero-order valence-corrected chi connectivity index (χ0v) is 78.2. The van der Waals surface area contributed by atoms with Crippen molar-refractivity contribution in [2.75, 3.05) is 208 Å². The van der Waals surface area contributed by atoms with E-state index in [4.69, 9.17) is 72.3 Å². The van der Waals surface area contributed by atoms with Crippen molar-refractivity contribution in [1.82, 2.24) is 103 Å². The quantitative estimate of drug-likeness (QED) is 0.0128. The smallest absolute Gasteiger partial charge is 0.351 e. The number of nitrogens with two attached hydrogens (primary N) is 6. The molecule has 0 bridgehead atoms. The van der Waals surface area contributed by atoms with Gasteiger partial charge in [0.2, 0.25) is 43.3 Å². The highest BCUT2D eigenvalue weighted by Crippen LogP contribution is 2.48. The maximum Gasteiger partial charge on any atom is 0.351 e. The number of likely N-dealkylation sites (N-methyl/N-ethyl adjacent to an activating group) is 4. The lowest BCUT2D eigenvalue weighted by molar-refractivity contribution is -0.140. The van der Waals surface area contributed by atoms with Gasteiger partial charge in [0.1, 0.15) is 108 Å². The third-order valence-corrected chi connectivity index (χ3v) is 22.2. The summed E-state index contributed by atoms with van der Waals surface area (Å²) in [5.41, 5.74) is 25.8. The summed E-state index contributed by atoms with van der Waals surface area (Å²) < 4.78 is 216. The molecule has 7 aliphatic rings. The lowest BCUT2D eigenvalue weighted by Gasteiger charge is -2.22. The van der Waals surface area contributed by atoms with E-state index in [1.165, 1.54) is 43.6 Å². The number of aromatic nitrogens is 12. The van der Waals surface area contributed by atoms with E-state index in [0.29, 0.717) is 94.2 Å². The van der Waals surface area contributed by atoms with Crippen molar-refractivity contribution in [3.63, 3.8) is 0 Å². The van der Waals surface area contributed by atoms with Crippen molar-refractivity contribution in [2.45, 2.75) is 178 Å². The van der Waals surface area contributed by atoms with Gasteiger partial charge in [0.05, 0.1) is 19.3 Å². The molecule has 0 aromatic carbocycles. The predicted molar refractivity (Wildman–Crippen MR) is 479 cm³/mol. The van der Waals surface area contributed by atoms with Crippen LogP contribution >= 0.6 is 0 Å². The molecule has 7 aliphatic heterocycles. The molecule has 7 saturated heterocycles. The standard InChI is InChI=1S/C17H30F2N6O3.C14H20F2N4O4.C13H21F2N5O3.C13H20F2N4O4.C12H18F2N4O3.C11H15F2N5O4/c1-23(2)9-6-20-11-12-14(26)17(18,19)15(28-12)25-8-5-13(22-16(25)27)21-7-10-24(3)4;15-14(16)11(21)9(7-18-6-8-2-1-5-23-8)24-12(14)20-4-3-10(17)19-13(20)22;1-19(2)6-4-17-7-8-10(21)13(14,15)11(23-8)20-5-3-9(16)18-12(20)22;1-18(5-6-22-2)7-8-10(20)13(14,15)11(23-8)19-4-3-9(16)17-12(19)21;1-2-4-16-6-7-9(19)12(13,14)10(21-7)18-5-3-8(15)17-11(18)20;12-11(13)8(20)5(3-16-4-7(15)19)22-9(11)18-2-1-6(14)17-10(18)21/h5,8,12,14-15,20,26H,6-7,9-11H2,1-4H3,(H,21,22,27);3-4,8-9,11-12,18,21H,1-2,5-7H2,(H2,17,19,22);3,5,8,10-11,17,21H,4,6-7H2,1-2H3,(H2,16,18,22);3-4,8,10-11,20H,5-7H2,1-2H3,(H2,16,17,21);3,5,7,9-10,16,19H,2,4,6H2,1H3,(H2,15,17,20);1-2,5,8-9,16,20H,3-4H2,(H2,15,19)(H2,14,17,21)/t12-,14-,15-;8?,9-,11-,12-;2*8-,10-,11-;7-,9-,10-;5-,8-,9-/m111111/s1. The van der Waals surface area contributed by atoms with E-state index in [1.807, 2.05) is 63.9 Å². The van der Waals surface area contributed by atoms with Gasteiger partial charge in [0.15, 0.2) is 0 Å². The van der Waals surface area contributed by atoms with Crippen LogP contribution in [0, 0.1) is 0 Å². The van der Waals surface area contributed by atoms with Crippen molar-refractivity contribution < 1.29 is 126 Å². The Bertz CT molecular complexity index is 5330. The fourth-order valence-electron chi connectivity index (χ4n) is 14.6. The summed E-state index contributed by atoms with van der Waals surface area (Å²) in [6, 6.07) is 7.46. The highest BCUT2D eigenvalue weighted by atomic mass is 19.3. The number of alkyl halides is 12. The van der Waals surface area contributed by atoms with Crippen LogP contribution in [0.4, 0.5) is 87.6 Å². The number of anilines is 6. The Hall–Kier alpha value is -10.2. The highest BCUT2D eigenvalue weighted by Gasteiger charge is 2.65. The van der Waals surface area contributed by atoms with Gasteiger partial charge in [0, 0.05) is 143 Å². The number of nitrogen functional groups attached to an aromatic ring is 5. The minimum atomic E-state index is -3.72. The first-order chi connectivity index (χ1) is 66.1. The second kappa shape index (κ2) is 51.3. The van der Waals surface area contributed by atoms with Gasteiger partial charge >= 0.3 is 69.7 Å². The van der Waals surface area contributed by atoms with Crippen LogP contribution in [0.15, 0.2) is 102 Å². The molecule has 0 radical (unpaired) electrons. The van der Waals surface area contributed by atoms with Crippen LogP contribution in [0.25, 0.3) is 0 Å². The van der Waals surface area contributed by atoms with Crippen molar-refractivity contribution in [1.29, 1.82) is 0 Å². The van der Waals surface area contributed by atoms with Gasteiger partial charge in [0.25, 0.3) is 0 Å². The molecular formula is C80H124F12N28O21. The van der Waals surface area contributed by atoms with Crippen molar-refractivity contribution >= 4 is 40.8 Å². The SMILES string of the molecule is CCCNC[C@H]1O[C@@H](n2ccc(N)nc2=O)C(F)(F)[C@@H]1O.CN(C)CCNC[C@H]1O[C@@H](n2ccc(N)nc2=O)C(F)(F)[C@@H]1O.CN(C)CCNC[C@H]1O[C@@H](n2ccc(NCCN(C)C)nc2=O)C(F)(F)[C@@H]1O.COCCN(C)C[C@H]1O[C@@H](n2ccc(N)nc2=O)C(F)(F)[C@@H]1O.NC(=O)CNC[C@H]1O[C@@H](n2ccc(N)nc2=O)C(F)(F)[C@@H]1O.Nc1ccn([C@@H]2O[C@H](CNCC3CCCO3)[C@@H](O)C2(F)F)c(=O)n1. The zero-order chi connectivity index (χ0) is 105. The van der Waals surface area contributed by atoms with Crippen LogP contribution < -0.4 is 100 Å². The van der Waals surface area contributed by atoms with Crippen LogP contribution in [0.3, 0.4) is 0 Å². The number of carbonyl (C=O) groups excluding carboxylic acids is 1. The summed E-state index contributed by atoms with van der Waals surface area (Å²) in [6.07, 6.45) is -21.6. The van der Waals surface area contributed by atoms with Crippen LogP contribution in [0.2, 0.25) is 0 Å². The number of amides is 1. The number of methoxy groups -OCH3 is 1. The molecule has 794 valence electrons. The normalized spacial score (nSPS) is 27.4. The number of aliphatic hydroxyl groups excluding tert-OH is 6. The number of rotatable bonds is 37. The van der Waals surface area contributed by atoms with E-state index < -0.39 is 186 Å². The van der Waals surface area contributed by atoms with Gasteiger partial charge in [-0.3, -0.25) is 32.2 Å². The largest absolute Gasteiger partial charge is 0.384 e. The van der Waals surface area contributed by atoms with Crippen molar-refractivity contribution in [3.8, 4) is 0 Å². The lowest BCUT2D eigenvalue weighted by atomic mass is 10.1. The Kier molecular flexibility index (Phi) is 42.2. The Balaban J connectivity index is 0.000000208. The van der Waals surface area contributed by atoms with Gasteiger partial charge < -0.3 is 154 Å². The van der Waals surface area contributed by atoms with E-state index in [9.17, 15) is 117 Å². The molecule has 0 saturated carbocycles. The molecule has 24 N–H and O–H groups in total. The second-order valence-corrected chi connectivity index (χ2v) is 34.2. The molecule has 0 spiro atoms. The maximum absolute atomic E-state index is 14.5. The van der Waals surface area contributed by atoms with Gasteiger partial charge in [-0.25, -0.2) is 28.8 Å². The highest BCUT2D eigenvalue weighted by molar-refractivity contribution is 5.75. The molecule has 61 heteroatoms. The van der Waals surface area contributed by atoms with Crippen LogP contribution in [-0.4, -0.2) is 403 Å². The Labute approximate surface area is 796 Å². The number of carbonyl (C=O) groups is 1. The third kappa shape index (κ3) is 30.5. The number of halogens is 12. The summed E-state index contributed by atoms with van der Waals surface area (Å²) in [6.45, 7) is 8.20. The minimum Gasteiger partial charge on any atom is -0.384 e. The van der Waals surface area contributed by atoms with Crippen molar-refractivity contribution in [3.05, 3.63) is 136 Å². The summed E-state index contributed by atoms with van der Waals surface area (Å²) >= 11 is 0. The fraction of sp³-hybridized carbons (Fsp3) is 0.688. The van der Waals surface area contributed by atoms with E-state index in [1.54, 1.807) is 11.9 Å². The zero-order valence-electron chi connectivity index (χ0n) is 78.2. The van der Waals surface area contributed by atoms with Crippen LogP contribution in [0.1, 0.15) is 63.6 Å². The third-order valence-electron chi connectivity index (χ3n) is 22.2. The molecule has 141 heavy (non-hydrogen) atoms. The van der Waals surface area contributed by atoms with Crippen LogP contribution in [0.5, 0.6) is 0 Å². The molecule has 6 aromatic heterocycles. The number of hydrogen-bond donors (Lipinski definition) is 18. The van der Waals surface area contributed by atoms with E-state index in [0.717, 1.165) is 67.4 Å². The minimum absolute atomic E-state index is 0.0181. The van der Waals surface area contributed by atoms with Gasteiger partial charge in [-0.2, -0.15) is 82.6 Å². The molecule has 6 aromatic rings. The summed E-state index contributed by atoms with van der Waals surface area (Å²) in [7, 11) is 14.6. The van der Waals surface area contributed by atoms with E-state index >= 15 is 0 Å². The number of hydrogen-bond acceptors (Lipinski definition) is 42. The van der Waals surface area contributed by atoms with Gasteiger partial charge in [-0.1, -0.05) is 6.92 Å². The molecule has 19 atom stereocenters. The van der Waals surface area contributed by atoms with Crippen molar-refractivity contribution in [2.24, 2.45) is 5.73 Å². The second-order valence-electron chi connectivity index (χ2n) is 34.2. The average Bonchev–Trinajstić information content (AvgIpc) is 1.63. The molecule has 1 unspecified atom stereocenters. The van der Waals surface area contributed by atoms with E-state index in [-0.39, 0.29) is 81.0 Å². The maximum atomic E-state index is 14.5. The first-order valence-corrected chi connectivity index (χ1v) is 44.0. The molecule has 13 heterocycles. The molecule has 13 rings (SSSR count). The summed E-state index contributed by atoms with van der Waals surface area (Å²) in [4.78, 5) is 110. The first kappa shape index (κ1) is 116. The van der Waals surface area contributed by atoms with E-state index in [2.05, 4.69) is 61.8 Å². The first-order valence-electron chi connectivity index (χ1n) is 44.0. The summed E-state index contributed by atoms with van der Waals surface area (Å²) in [5.74, 6) is -22.6. The number of nitrogens with one attached hydrogen (secondary N) is 6. The van der Waals surface area contributed by atoms with Gasteiger partial charge in [-0.15, -0.1) is 0 Å². The number of ether oxygens (including phenoxy) is 8. The Morgan fingerprint density at radius 2 is 0.681 bits per heavy atom. The molecule has 49 nitrogen and oxygen atoms in total. The molecule has 7 fully saturated rings. The predicted octanol–water partition coefficient (Wildman–Crippen LogP) is -5.57. The van der Waals surface area contributed by atoms with Gasteiger partial charge in [-0.05, 0) is 112 Å². The number of aliphatic hydroxyl groups is 6. The Morgan fingerprint density at radius 1 is 0.404 bits per heavy atom. The summed E-state index contributed by atoms with van der Waals surface area (Å²) in [5, 5.41) is 76.2. The lowest BCUT2D eigenvalue weighted by Crippen LogP contribution is -2.44. The van der Waals surface area contributed by atoms with Crippen LogP contribution in [-0.2, 0) is 42.7 Å². The Morgan fingerprint density at radius 3 is 0.957 bits per heavy atom. The fourth-order valence-corrected chi connectivity index (χ4v) is 14.6. The molecule has 0 aliphatic carbocycles. The molecular weight excluding hydrogens is 1920 g/mol. The average molecular weight is 2040 g/mol. The monoisotopic (exact) mass is 2040 g/mol.